The molecule has 0 N–H and O–H groups in total. The second-order valence-corrected chi connectivity index (χ2v) is 3.83. The third-order valence-electron chi connectivity index (χ3n) is 2.41. The SMILES string of the molecule is Cn1nnc2c(C(=O)OCCCO[N+](=O)[O-])ncn2c1=O. The Morgan fingerprint density at radius 1 is 1.48 bits per heavy atom. The van der Waals surface area contributed by atoms with Gasteiger partial charge in [0, 0.05) is 13.5 Å². The molecule has 2 heterocycles. The lowest BCUT2D eigenvalue weighted by Gasteiger charge is -2.02. The number of imidazole rings is 1. The predicted octanol–water partition coefficient (Wildman–Crippen LogP) is -1.42. The van der Waals surface area contributed by atoms with Crippen molar-refractivity contribution in [2.75, 3.05) is 13.2 Å². The molecule has 0 radical (unpaired) electrons. The number of rotatable bonds is 6. The van der Waals surface area contributed by atoms with Crippen LogP contribution in [0.5, 0.6) is 0 Å². The maximum absolute atomic E-state index is 11.8. The summed E-state index contributed by atoms with van der Waals surface area (Å²) in [6, 6.07) is 0. The first kappa shape index (κ1) is 14.4. The van der Waals surface area contributed by atoms with Crippen molar-refractivity contribution in [3.05, 3.63) is 32.6 Å². The first-order valence-corrected chi connectivity index (χ1v) is 5.72. The number of fused-ring (bicyclic) bond motifs is 1. The van der Waals surface area contributed by atoms with Crippen molar-refractivity contribution in [2.45, 2.75) is 6.42 Å². The smallest absolute Gasteiger partial charge is 0.360 e. The molecule has 112 valence electrons. The molecule has 2 rings (SSSR count). The van der Waals surface area contributed by atoms with E-state index in [1.54, 1.807) is 0 Å². The fourth-order valence-electron chi connectivity index (χ4n) is 1.46. The number of hydrogen-bond donors (Lipinski definition) is 0. The van der Waals surface area contributed by atoms with Gasteiger partial charge >= 0.3 is 11.7 Å². The van der Waals surface area contributed by atoms with Crippen molar-refractivity contribution in [2.24, 2.45) is 7.05 Å². The Morgan fingerprint density at radius 2 is 2.24 bits per heavy atom. The van der Waals surface area contributed by atoms with Crippen LogP contribution in [-0.2, 0) is 16.6 Å². The van der Waals surface area contributed by atoms with E-state index in [1.165, 1.54) is 7.05 Å². The normalized spacial score (nSPS) is 10.5. The largest absolute Gasteiger partial charge is 0.461 e. The Labute approximate surface area is 116 Å². The minimum atomic E-state index is -0.934. The van der Waals surface area contributed by atoms with Crippen LogP contribution in [0, 0.1) is 10.1 Å². The highest BCUT2D eigenvalue weighted by molar-refractivity contribution is 5.93. The fourth-order valence-corrected chi connectivity index (χ4v) is 1.46. The average molecular weight is 298 g/mol. The van der Waals surface area contributed by atoms with E-state index in [9.17, 15) is 19.7 Å². The molecule has 0 aliphatic heterocycles. The van der Waals surface area contributed by atoms with Crippen LogP contribution in [0.1, 0.15) is 16.9 Å². The number of nitrogens with zero attached hydrogens (tertiary/aromatic N) is 6. The van der Waals surface area contributed by atoms with E-state index >= 15 is 0 Å². The summed E-state index contributed by atoms with van der Waals surface area (Å²) in [6.07, 6.45) is 1.28. The topological polar surface area (TPSA) is 144 Å². The van der Waals surface area contributed by atoms with Gasteiger partial charge in [0.1, 0.15) is 6.33 Å². The molecular formula is C9H10N6O6. The van der Waals surface area contributed by atoms with Crippen LogP contribution in [0.15, 0.2) is 11.1 Å². The summed E-state index contributed by atoms with van der Waals surface area (Å²) in [4.78, 5) is 41.2. The summed E-state index contributed by atoms with van der Waals surface area (Å²) in [7, 11) is 1.40. The second kappa shape index (κ2) is 5.94. The van der Waals surface area contributed by atoms with E-state index < -0.39 is 16.7 Å². The number of aromatic nitrogens is 5. The maximum Gasteiger partial charge on any atom is 0.360 e. The van der Waals surface area contributed by atoms with Crippen molar-refractivity contribution in [3.63, 3.8) is 0 Å². The molecule has 12 heteroatoms. The summed E-state index contributed by atoms with van der Waals surface area (Å²) in [5.74, 6) is -0.804. The van der Waals surface area contributed by atoms with Gasteiger partial charge in [-0.3, -0.25) is 0 Å². The van der Waals surface area contributed by atoms with Crippen molar-refractivity contribution >= 4 is 11.6 Å². The molecule has 2 aromatic rings. The van der Waals surface area contributed by atoms with Crippen LogP contribution >= 0.6 is 0 Å². The van der Waals surface area contributed by atoms with Gasteiger partial charge in [-0.1, -0.05) is 5.21 Å². The average Bonchev–Trinajstić information content (AvgIpc) is 2.86. The Hall–Kier alpha value is -3.05. The van der Waals surface area contributed by atoms with Gasteiger partial charge in [-0.25, -0.2) is 19.0 Å². The highest BCUT2D eigenvalue weighted by Crippen LogP contribution is 2.05. The Morgan fingerprint density at radius 3 is 2.95 bits per heavy atom. The van der Waals surface area contributed by atoms with Gasteiger partial charge in [0.25, 0.3) is 5.09 Å². The summed E-state index contributed by atoms with van der Waals surface area (Å²) in [6.45, 7) is -0.283. The molecule has 0 spiro atoms. The van der Waals surface area contributed by atoms with Gasteiger partial charge in [0.2, 0.25) is 0 Å². The molecule has 12 nitrogen and oxygen atoms in total. The number of esters is 1. The van der Waals surface area contributed by atoms with Gasteiger partial charge in [0.15, 0.2) is 11.3 Å². The van der Waals surface area contributed by atoms with E-state index in [4.69, 9.17) is 4.74 Å². The molecule has 0 saturated heterocycles. The molecule has 0 unspecified atom stereocenters. The number of ether oxygens (including phenoxy) is 1. The van der Waals surface area contributed by atoms with Gasteiger partial charge < -0.3 is 9.57 Å². The zero-order chi connectivity index (χ0) is 15.4. The minimum absolute atomic E-state index is 0.0235. The molecule has 0 fully saturated rings. The van der Waals surface area contributed by atoms with Gasteiger partial charge in [-0.15, -0.1) is 15.2 Å². The molecular weight excluding hydrogens is 288 g/mol. The first-order valence-electron chi connectivity index (χ1n) is 5.72. The molecule has 0 atom stereocenters. The molecule has 0 saturated carbocycles. The minimum Gasteiger partial charge on any atom is -0.461 e. The lowest BCUT2D eigenvalue weighted by atomic mass is 10.4. The van der Waals surface area contributed by atoms with Gasteiger partial charge in [0.05, 0.1) is 13.2 Å². The highest BCUT2D eigenvalue weighted by Gasteiger charge is 2.18. The van der Waals surface area contributed by atoms with Crippen molar-refractivity contribution in [1.29, 1.82) is 0 Å². The van der Waals surface area contributed by atoms with E-state index in [0.717, 1.165) is 15.4 Å². The van der Waals surface area contributed by atoms with Gasteiger partial charge in [-0.05, 0) is 0 Å². The second-order valence-electron chi connectivity index (χ2n) is 3.83. The van der Waals surface area contributed by atoms with Crippen molar-refractivity contribution in [1.82, 2.24) is 24.4 Å². The van der Waals surface area contributed by atoms with Crippen LogP contribution in [0.4, 0.5) is 0 Å². The third kappa shape index (κ3) is 3.10. The van der Waals surface area contributed by atoms with Gasteiger partial charge in [-0.2, -0.15) is 4.68 Å². The summed E-state index contributed by atoms with van der Waals surface area (Å²) in [5.41, 5.74) is -0.689. The van der Waals surface area contributed by atoms with Crippen molar-refractivity contribution in [3.8, 4) is 0 Å². The van der Waals surface area contributed by atoms with E-state index in [2.05, 4.69) is 20.1 Å². The lowest BCUT2D eigenvalue weighted by Crippen LogP contribution is -2.27. The lowest BCUT2D eigenvalue weighted by molar-refractivity contribution is -0.757. The zero-order valence-electron chi connectivity index (χ0n) is 10.8. The van der Waals surface area contributed by atoms with E-state index in [-0.39, 0.29) is 31.0 Å². The number of aryl methyl sites for hydroxylation is 1. The monoisotopic (exact) mass is 298 g/mol. The maximum atomic E-state index is 11.8. The number of carbonyl (C=O) groups excluding carboxylic acids is 1. The number of hydrogen-bond acceptors (Lipinski definition) is 9. The first-order chi connectivity index (χ1) is 10.0. The summed E-state index contributed by atoms with van der Waals surface area (Å²) < 4.78 is 6.89. The molecule has 0 aromatic carbocycles. The highest BCUT2D eigenvalue weighted by atomic mass is 16.9. The van der Waals surface area contributed by atoms with Crippen LogP contribution in [0.25, 0.3) is 5.65 Å². The van der Waals surface area contributed by atoms with Crippen LogP contribution in [-0.4, -0.2) is 48.6 Å². The van der Waals surface area contributed by atoms with E-state index in [1.807, 2.05) is 0 Å². The molecule has 0 amide bonds. The quantitative estimate of drug-likeness (QED) is 0.271. The molecule has 2 aromatic heterocycles. The van der Waals surface area contributed by atoms with E-state index in [0.29, 0.717) is 0 Å². The molecule has 0 aliphatic carbocycles. The fraction of sp³-hybridized carbons (Fsp3) is 0.444. The van der Waals surface area contributed by atoms with Crippen LogP contribution in [0.3, 0.4) is 0 Å². The summed E-state index contributed by atoms with van der Waals surface area (Å²) >= 11 is 0. The predicted molar refractivity (Wildman–Crippen MR) is 63.9 cm³/mol. The Balaban J connectivity index is 2.02. The zero-order valence-corrected chi connectivity index (χ0v) is 10.8. The molecule has 21 heavy (non-hydrogen) atoms. The van der Waals surface area contributed by atoms with Crippen molar-refractivity contribution < 1.29 is 19.5 Å². The Bertz CT molecular complexity index is 736. The third-order valence-corrected chi connectivity index (χ3v) is 2.41. The van der Waals surface area contributed by atoms with Crippen LogP contribution in [0.2, 0.25) is 0 Å². The molecule has 0 aliphatic rings. The molecule has 0 bridgehead atoms. The summed E-state index contributed by atoms with van der Waals surface area (Å²) in [5, 5.41) is 16.2. The number of carbonyl (C=O) groups is 1. The Kier molecular flexibility index (Phi) is 4.06. The standard InChI is InChI=1S/C9H10N6O6/c1-13-9(17)14-5-10-6(7(14)11-12-13)8(16)20-3-2-4-21-15(18)19/h5H,2-4H2,1H3. The van der Waals surface area contributed by atoms with Crippen LogP contribution < -0.4 is 5.69 Å².